The molecule has 0 aliphatic rings. The molecule has 0 radical (unpaired) electrons. The van der Waals surface area contributed by atoms with Crippen LogP contribution in [0.5, 0.6) is 0 Å². The average molecular weight is 276 g/mol. The van der Waals surface area contributed by atoms with Crippen LogP contribution in [0.25, 0.3) is 0 Å². The Hall–Kier alpha value is -0.860. The SMILES string of the molecule is CCc1ccc(C(NCCNC(C)(C)C)C(C)C)cc1. The van der Waals surface area contributed by atoms with Crippen LogP contribution in [-0.4, -0.2) is 18.6 Å². The fraction of sp³-hybridized carbons (Fsp3) is 0.667. The van der Waals surface area contributed by atoms with E-state index in [9.17, 15) is 0 Å². The third kappa shape index (κ3) is 6.06. The third-order valence-electron chi connectivity index (χ3n) is 3.56. The minimum absolute atomic E-state index is 0.192. The van der Waals surface area contributed by atoms with E-state index in [1.54, 1.807) is 0 Å². The lowest BCUT2D eigenvalue weighted by molar-refractivity contribution is 0.379. The Morgan fingerprint density at radius 1 is 1.00 bits per heavy atom. The first-order chi connectivity index (χ1) is 9.33. The van der Waals surface area contributed by atoms with Gasteiger partial charge >= 0.3 is 0 Å². The number of benzene rings is 1. The van der Waals surface area contributed by atoms with Gasteiger partial charge in [-0.05, 0) is 44.2 Å². The molecule has 2 heteroatoms. The van der Waals surface area contributed by atoms with E-state index in [1.165, 1.54) is 11.1 Å². The summed E-state index contributed by atoms with van der Waals surface area (Å²) in [5, 5.41) is 7.21. The quantitative estimate of drug-likeness (QED) is 0.738. The highest BCUT2D eigenvalue weighted by Crippen LogP contribution is 2.21. The summed E-state index contributed by atoms with van der Waals surface area (Å²) >= 11 is 0. The van der Waals surface area contributed by atoms with Crippen LogP contribution in [0.15, 0.2) is 24.3 Å². The van der Waals surface area contributed by atoms with Crippen molar-refractivity contribution in [1.82, 2.24) is 10.6 Å². The van der Waals surface area contributed by atoms with Gasteiger partial charge in [0.1, 0.15) is 0 Å². The largest absolute Gasteiger partial charge is 0.311 e. The molecule has 0 heterocycles. The maximum Gasteiger partial charge on any atom is 0.0343 e. The van der Waals surface area contributed by atoms with Crippen molar-refractivity contribution in [3.8, 4) is 0 Å². The summed E-state index contributed by atoms with van der Waals surface area (Å²) in [5.41, 5.74) is 3.00. The molecule has 0 bridgehead atoms. The Bertz CT molecular complexity index is 373. The third-order valence-corrected chi connectivity index (χ3v) is 3.56. The van der Waals surface area contributed by atoms with Gasteiger partial charge in [0.05, 0.1) is 0 Å². The minimum Gasteiger partial charge on any atom is -0.311 e. The van der Waals surface area contributed by atoms with Crippen LogP contribution in [0, 0.1) is 5.92 Å². The van der Waals surface area contributed by atoms with Crippen LogP contribution in [-0.2, 0) is 6.42 Å². The van der Waals surface area contributed by atoms with Crippen LogP contribution in [0.4, 0.5) is 0 Å². The van der Waals surface area contributed by atoms with Crippen LogP contribution >= 0.6 is 0 Å². The minimum atomic E-state index is 0.192. The average Bonchev–Trinajstić information content (AvgIpc) is 2.37. The molecule has 2 N–H and O–H groups in total. The summed E-state index contributed by atoms with van der Waals surface area (Å²) < 4.78 is 0. The van der Waals surface area contributed by atoms with Crippen molar-refractivity contribution in [3.05, 3.63) is 35.4 Å². The Morgan fingerprint density at radius 3 is 2.05 bits per heavy atom. The van der Waals surface area contributed by atoms with Crippen LogP contribution in [0.1, 0.15) is 58.7 Å². The monoisotopic (exact) mass is 276 g/mol. The van der Waals surface area contributed by atoms with Crippen LogP contribution < -0.4 is 10.6 Å². The normalized spacial score (nSPS) is 13.8. The molecule has 1 unspecified atom stereocenters. The second kappa shape index (κ2) is 7.80. The predicted molar refractivity (Wildman–Crippen MR) is 89.2 cm³/mol. The number of aryl methyl sites for hydroxylation is 1. The zero-order valence-corrected chi connectivity index (χ0v) is 14.1. The van der Waals surface area contributed by atoms with Gasteiger partial charge in [-0.1, -0.05) is 45.0 Å². The second-order valence-electron chi connectivity index (χ2n) is 6.95. The first-order valence-corrected chi connectivity index (χ1v) is 7.90. The zero-order chi connectivity index (χ0) is 15.2. The van der Waals surface area contributed by atoms with Gasteiger partial charge in [-0.2, -0.15) is 0 Å². The van der Waals surface area contributed by atoms with Crippen molar-refractivity contribution in [1.29, 1.82) is 0 Å². The highest BCUT2D eigenvalue weighted by molar-refractivity contribution is 5.25. The predicted octanol–water partition coefficient (Wildman–Crippen LogP) is 3.92. The van der Waals surface area contributed by atoms with E-state index >= 15 is 0 Å². The van der Waals surface area contributed by atoms with Gasteiger partial charge in [-0.3, -0.25) is 0 Å². The molecule has 0 aliphatic heterocycles. The van der Waals surface area contributed by atoms with E-state index in [-0.39, 0.29) is 5.54 Å². The number of nitrogens with one attached hydrogen (secondary N) is 2. The van der Waals surface area contributed by atoms with Crippen molar-refractivity contribution in [2.24, 2.45) is 5.92 Å². The van der Waals surface area contributed by atoms with Crippen molar-refractivity contribution >= 4 is 0 Å². The topological polar surface area (TPSA) is 24.1 Å². The van der Waals surface area contributed by atoms with E-state index < -0.39 is 0 Å². The fourth-order valence-electron chi connectivity index (χ4n) is 2.36. The molecule has 1 atom stereocenters. The molecule has 1 aromatic rings. The molecule has 0 amide bonds. The van der Waals surface area contributed by atoms with E-state index in [1.807, 2.05) is 0 Å². The van der Waals surface area contributed by atoms with Gasteiger partial charge in [0.2, 0.25) is 0 Å². The van der Waals surface area contributed by atoms with Crippen LogP contribution in [0.2, 0.25) is 0 Å². The first-order valence-electron chi connectivity index (χ1n) is 7.90. The molecular formula is C18H32N2. The maximum absolute atomic E-state index is 3.68. The molecule has 1 rings (SSSR count). The summed E-state index contributed by atoms with van der Waals surface area (Å²) in [6, 6.07) is 9.48. The van der Waals surface area contributed by atoms with E-state index in [0.717, 1.165) is 19.5 Å². The van der Waals surface area contributed by atoms with Gasteiger partial charge in [0.25, 0.3) is 0 Å². The summed E-state index contributed by atoms with van der Waals surface area (Å²) in [7, 11) is 0. The zero-order valence-electron chi connectivity index (χ0n) is 14.1. The summed E-state index contributed by atoms with van der Waals surface area (Å²) in [6.45, 7) is 15.4. The van der Waals surface area contributed by atoms with E-state index in [4.69, 9.17) is 0 Å². The van der Waals surface area contributed by atoms with Gasteiger partial charge in [0.15, 0.2) is 0 Å². The Kier molecular flexibility index (Phi) is 6.70. The lowest BCUT2D eigenvalue weighted by Crippen LogP contribution is -2.41. The van der Waals surface area contributed by atoms with Crippen LogP contribution in [0.3, 0.4) is 0 Å². The van der Waals surface area contributed by atoms with Crippen molar-refractivity contribution in [2.45, 2.75) is 59.5 Å². The van der Waals surface area contributed by atoms with Crippen molar-refractivity contribution in [2.75, 3.05) is 13.1 Å². The second-order valence-corrected chi connectivity index (χ2v) is 6.95. The Labute approximate surface area is 125 Å². The number of hydrogen-bond acceptors (Lipinski definition) is 2. The van der Waals surface area contributed by atoms with Crippen molar-refractivity contribution in [3.63, 3.8) is 0 Å². The van der Waals surface area contributed by atoms with Gasteiger partial charge < -0.3 is 10.6 Å². The molecular weight excluding hydrogens is 244 g/mol. The van der Waals surface area contributed by atoms with Gasteiger partial charge in [0, 0.05) is 24.7 Å². The highest BCUT2D eigenvalue weighted by atomic mass is 15.0. The lowest BCUT2D eigenvalue weighted by Gasteiger charge is -2.25. The summed E-state index contributed by atoms with van der Waals surface area (Å²) in [6.07, 6.45) is 1.11. The smallest absolute Gasteiger partial charge is 0.0343 e. The number of hydrogen-bond donors (Lipinski definition) is 2. The standard InChI is InChI=1S/C18H32N2/c1-7-15-8-10-16(11-9-15)17(14(2)3)19-12-13-20-18(4,5)6/h8-11,14,17,19-20H,7,12-13H2,1-6H3. The Balaban J connectivity index is 2.55. The molecule has 0 saturated carbocycles. The molecule has 2 nitrogen and oxygen atoms in total. The molecule has 0 aliphatic carbocycles. The molecule has 0 spiro atoms. The van der Waals surface area contributed by atoms with Gasteiger partial charge in [-0.15, -0.1) is 0 Å². The Morgan fingerprint density at radius 2 is 1.60 bits per heavy atom. The summed E-state index contributed by atoms with van der Waals surface area (Å²) in [4.78, 5) is 0. The fourth-order valence-corrected chi connectivity index (χ4v) is 2.36. The molecule has 0 aromatic heterocycles. The first kappa shape index (κ1) is 17.2. The molecule has 20 heavy (non-hydrogen) atoms. The van der Waals surface area contributed by atoms with Crippen molar-refractivity contribution < 1.29 is 0 Å². The van der Waals surface area contributed by atoms with E-state index in [2.05, 4.69) is 76.4 Å². The summed E-state index contributed by atoms with van der Waals surface area (Å²) in [5.74, 6) is 0.595. The van der Waals surface area contributed by atoms with Gasteiger partial charge in [-0.25, -0.2) is 0 Å². The van der Waals surface area contributed by atoms with E-state index in [0.29, 0.717) is 12.0 Å². The lowest BCUT2D eigenvalue weighted by atomic mass is 9.95. The molecule has 114 valence electrons. The molecule has 0 saturated heterocycles. The maximum atomic E-state index is 3.68. The number of rotatable bonds is 7. The highest BCUT2D eigenvalue weighted by Gasteiger charge is 2.15. The molecule has 0 fully saturated rings. The molecule has 1 aromatic carbocycles.